The van der Waals surface area contributed by atoms with Crippen molar-refractivity contribution in [1.82, 2.24) is 0 Å². The normalized spacial score (nSPS) is 13.6. The third kappa shape index (κ3) is 4.32. The number of esters is 1. The second-order valence-corrected chi connectivity index (χ2v) is 5.77. The molecule has 1 amide bonds. The van der Waals surface area contributed by atoms with Gasteiger partial charge in [0, 0.05) is 18.3 Å². The van der Waals surface area contributed by atoms with E-state index in [4.69, 9.17) is 4.74 Å². The molecule has 0 fully saturated rings. The van der Waals surface area contributed by atoms with Crippen LogP contribution in [0.15, 0.2) is 54.6 Å². The average Bonchev–Trinajstić information content (AvgIpc) is 2.64. The molecule has 0 bridgehead atoms. The van der Waals surface area contributed by atoms with Gasteiger partial charge in [-0.2, -0.15) is 0 Å². The molecular formula is C20H18FNO3. The standard InChI is InChI=1S/C20H18FNO3/c21-17-8-3-5-15(13-17)10-11-20(24)25-14-19(23)22-12-4-7-16-6-1-2-9-18(16)22/h1-3,5-6,8-11,13H,4,7,12,14H2/b11-10+. The van der Waals surface area contributed by atoms with Crippen LogP contribution >= 0.6 is 0 Å². The quantitative estimate of drug-likeness (QED) is 0.634. The fraction of sp³-hybridized carbons (Fsp3) is 0.200. The highest BCUT2D eigenvalue weighted by atomic mass is 19.1. The van der Waals surface area contributed by atoms with E-state index < -0.39 is 5.97 Å². The molecule has 0 atom stereocenters. The Morgan fingerprint density at radius 2 is 2.00 bits per heavy atom. The molecule has 1 aliphatic heterocycles. The van der Waals surface area contributed by atoms with Gasteiger partial charge in [-0.1, -0.05) is 30.3 Å². The maximum Gasteiger partial charge on any atom is 0.331 e. The molecule has 128 valence electrons. The van der Waals surface area contributed by atoms with Crippen LogP contribution < -0.4 is 4.90 Å². The zero-order valence-corrected chi connectivity index (χ0v) is 13.7. The zero-order valence-electron chi connectivity index (χ0n) is 13.7. The molecule has 0 saturated heterocycles. The lowest BCUT2D eigenvalue weighted by Gasteiger charge is -2.29. The van der Waals surface area contributed by atoms with Crippen molar-refractivity contribution < 1.29 is 18.7 Å². The molecule has 3 rings (SSSR count). The fourth-order valence-corrected chi connectivity index (χ4v) is 2.83. The van der Waals surface area contributed by atoms with Crippen LogP contribution in [-0.2, 0) is 20.7 Å². The van der Waals surface area contributed by atoms with E-state index in [2.05, 4.69) is 0 Å². The van der Waals surface area contributed by atoms with Gasteiger partial charge in [-0.05, 0) is 48.2 Å². The molecule has 0 N–H and O–H groups in total. The van der Waals surface area contributed by atoms with Crippen LogP contribution in [0, 0.1) is 5.82 Å². The molecule has 2 aromatic carbocycles. The SMILES string of the molecule is O=C(/C=C/c1cccc(F)c1)OCC(=O)N1CCCc2ccccc21. The van der Waals surface area contributed by atoms with Crippen LogP contribution in [0.1, 0.15) is 17.5 Å². The number of aryl methyl sites for hydroxylation is 1. The lowest BCUT2D eigenvalue weighted by molar-refractivity contribution is -0.142. The minimum Gasteiger partial charge on any atom is -0.452 e. The van der Waals surface area contributed by atoms with Crippen LogP contribution in [0.25, 0.3) is 6.08 Å². The first-order chi connectivity index (χ1) is 12.1. The molecular weight excluding hydrogens is 321 g/mol. The third-order valence-corrected chi connectivity index (χ3v) is 4.01. The van der Waals surface area contributed by atoms with Gasteiger partial charge in [-0.25, -0.2) is 9.18 Å². The molecule has 0 aromatic heterocycles. The lowest BCUT2D eigenvalue weighted by atomic mass is 10.0. The van der Waals surface area contributed by atoms with Crippen LogP contribution in [0.4, 0.5) is 10.1 Å². The number of amides is 1. The molecule has 0 spiro atoms. The Bertz CT molecular complexity index is 816. The summed E-state index contributed by atoms with van der Waals surface area (Å²) in [5.74, 6) is -1.27. The summed E-state index contributed by atoms with van der Waals surface area (Å²) in [7, 11) is 0. The summed E-state index contributed by atoms with van der Waals surface area (Å²) in [5, 5.41) is 0. The number of rotatable bonds is 4. The van der Waals surface area contributed by atoms with E-state index >= 15 is 0 Å². The Morgan fingerprint density at radius 3 is 2.84 bits per heavy atom. The van der Waals surface area contributed by atoms with E-state index in [1.807, 2.05) is 24.3 Å². The van der Waals surface area contributed by atoms with Crippen molar-refractivity contribution in [3.63, 3.8) is 0 Å². The number of anilines is 1. The number of nitrogens with zero attached hydrogens (tertiary/aromatic N) is 1. The number of benzene rings is 2. The van der Waals surface area contributed by atoms with Gasteiger partial charge in [-0.3, -0.25) is 4.79 Å². The Morgan fingerprint density at radius 1 is 1.16 bits per heavy atom. The van der Waals surface area contributed by atoms with Gasteiger partial charge >= 0.3 is 5.97 Å². The third-order valence-electron chi connectivity index (χ3n) is 4.01. The zero-order chi connectivity index (χ0) is 17.6. The fourth-order valence-electron chi connectivity index (χ4n) is 2.83. The van der Waals surface area contributed by atoms with Crippen molar-refractivity contribution >= 4 is 23.6 Å². The minimum atomic E-state index is -0.636. The van der Waals surface area contributed by atoms with Crippen molar-refractivity contribution in [3.8, 4) is 0 Å². The van der Waals surface area contributed by atoms with E-state index in [9.17, 15) is 14.0 Å². The molecule has 1 heterocycles. The highest BCUT2D eigenvalue weighted by Gasteiger charge is 2.22. The summed E-state index contributed by atoms with van der Waals surface area (Å²) in [6, 6.07) is 13.6. The van der Waals surface area contributed by atoms with Gasteiger partial charge in [0.25, 0.3) is 5.91 Å². The molecule has 1 aliphatic rings. The Hall–Kier alpha value is -2.95. The predicted molar refractivity (Wildman–Crippen MR) is 93.5 cm³/mol. The predicted octanol–water partition coefficient (Wildman–Crippen LogP) is 3.36. The smallest absolute Gasteiger partial charge is 0.331 e. The summed E-state index contributed by atoms with van der Waals surface area (Å²) in [6.45, 7) is 0.299. The number of hydrogen-bond acceptors (Lipinski definition) is 3. The molecule has 0 unspecified atom stereocenters. The average molecular weight is 339 g/mol. The van der Waals surface area contributed by atoms with E-state index in [0.717, 1.165) is 24.1 Å². The van der Waals surface area contributed by atoms with E-state index in [0.29, 0.717) is 12.1 Å². The monoisotopic (exact) mass is 339 g/mol. The second kappa shape index (κ2) is 7.75. The molecule has 0 saturated carbocycles. The van der Waals surface area contributed by atoms with Crippen molar-refractivity contribution in [3.05, 3.63) is 71.6 Å². The molecule has 0 aliphatic carbocycles. The Kier molecular flexibility index (Phi) is 5.23. The molecule has 0 radical (unpaired) electrons. The minimum absolute atomic E-state index is 0.250. The second-order valence-electron chi connectivity index (χ2n) is 5.77. The number of hydrogen-bond donors (Lipinski definition) is 0. The van der Waals surface area contributed by atoms with Gasteiger partial charge < -0.3 is 9.64 Å². The molecule has 5 heteroatoms. The Balaban J connectivity index is 1.57. The van der Waals surface area contributed by atoms with Crippen molar-refractivity contribution in [2.75, 3.05) is 18.1 Å². The van der Waals surface area contributed by atoms with E-state index in [1.165, 1.54) is 24.3 Å². The number of carbonyl (C=O) groups is 2. The first-order valence-corrected chi connectivity index (χ1v) is 8.12. The van der Waals surface area contributed by atoms with Crippen molar-refractivity contribution in [2.45, 2.75) is 12.8 Å². The number of ether oxygens (including phenoxy) is 1. The van der Waals surface area contributed by atoms with Crippen LogP contribution in [0.2, 0.25) is 0 Å². The summed E-state index contributed by atoms with van der Waals surface area (Å²) >= 11 is 0. The molecule has 4 nitrogen and oxygen atoms in total. The van der Waals surface area contributed by atoms with E-state index in [1.54, 1.807) is 17.0 Å². The maximum absolute atomic E-state index is 13.1. The maximum atomic E-state index is 13.1. The Labute approximate surface area is 145 Å². The number of fused-ring (bicyclic) bond motifs is 1. The van der Waals surface area contributed by atoms with Crippen molar-refractivity contribution in [2.24, 2.45) is 0 Å². The van der Waals surface area contributed by atoms with Crippen LogP contribution in [0.5, 0.6) is 0 Å². The largest absolute Gasteiger partial charge is 0.452 e. The topological polar surface area (TPSA) is 46.6 Å². The number of halogens is 1. The molecule has 2 aromatic rings. The van der Waals surface area contributed by atoms with Crippen LogP contribution in [0.3, 0.4) is 0 Å². The molecule has 25 heavy (non-hydrogen) atoms. The van der Waals surface area contributed by atoms with E-state index in [-0.39, 0.29) is 18.3 Å². The first kappa shape index (κ1) is 16.9. The highest BCUT2D eigenvalue weighted by Crippen LogP contribution is 2.26. The first-order valence-electron chi connectivity index (χ1n) is 8.12. The highest BCUT2D eigenvalue weighted by molar-refractivity contribution is 5.97. The lowest BCUT2D eigenvalue weighted by Crippen LogP contribution is -2.38. The summed E-state index contributed by atoms with van der Waals surface area (Å²) in [6.07, 6.45) is 4.46. The van der Waals surface area contributed by atoms with Gasteiger partial charge in [0.2, 0.25) is 0 Å². The summed E-state index contributed by atoms with van der Waals surface area (Å²) in [5.41, 5.74) is 2.55. The van der Waals surface area contributed by atoms with Gasteiger partial charge in [-0.15, -0.1) is 0 Å². The van der Waals surface area contributed by atoms with Gasteiger partial charge in [0.1, 0.15) is 5.82 Å². The number of carbonyl (C=O) groups excluding carboxylic acids is 2. The van der Waals surface area contributed by atoms with Gasteiger partial charge in [0.15, 0.2) is 6.61 Å². The summed E-state index contributed by atoms with van der Waals surface area (Å²) in [4.78, 5) is 25.8. The van der Waals surface area contributed by atoms with Gasteiger partial charge in [0.05, 0.1) is 0 Å². The summed E-state index contributed by atoms with van der Waals surface area (Å²) < 4.78 is 18.1. The van der Waals surface area contributed by atoms with Crippen molar-refractivity contribution in [1.29, 1.82) is 0 Å². The van der Waals surface area contributed by atoms with Crippen LogP contribution in [-0.4, -0.2) is 25.0 Å². The number of para-hydroxylation sites is 1.